The number of rotatable bonds is 2. The molecule has 0 unspecified atom stereocenters. The van der Waals surface area contributed by atoms with E-state index < -0.39 is 0 Å². The topological polar surface area (TPSA) is 61.0 Å². The Hall–Kier alpha value is -1.81. The highest BCUT2D eigenvalue weighted by Crippen LogP contribution is 2.30. The van der Waals surface area contributed by atoms with Crippen molar-refractivity contribution in [2.45, 2.75) is 0 Å². The highest BCUT2D eigenvalue weighted by molar-refractivity contribution is 6.30. The maximum atomic E-state index is 5.93. The van der Waals surface area contributed by atoms with Crippen LogP contribution in [0.15, 0.2) is 30.3 Å². The molecule has 1 heterocycles. The number of hydrogen-bond acceptors (Lipinski definition) is 4. The van der Waals surface area contributed by atoms with E-state index in [9.17, 15) is 0 Å². The first-order chi connectivity index (χ1) is 7.70. The smallest absolute Gasteiger partial charge is 0.146 e. The highest BCUT2D eigenvalue weighted by atomic mass is 35.5. The van der Waals surface area contributed by atoms with Crippen LogP contribution in [0.2, 0.25) is 5.02 Å². The second-order valence-corrected chi connectivity index (χ2v) is 3.62. The number of halogens is 1. The van der Waals surface area contributed by atoms with Crippen LogP contribution in [0.25, 0.3) is 11.3 Å². The highest BCUT2D eigenvalue weighted by Gasteiger charge is 2.08. The fourth-order valence-corrected chi connectivity index (χ4v) is 1.54. The Kier molecular flexibility index (Phi) is 2.92. The van der Waals surface area contributed by atoms with Crippen LogP contribution in [-0.4, -0.2) is 17.3 Å². The number of nitrogens with zero attached hydrogens (tertiary/aromatic N) is 2. The summed E-state index contributed by atoms with van der Waals surface area (Å²) in [5, 5.41) is 8.39. The number of anilines is 1. The molecule has 1 aromatic carbocycles. The van der Waals surface area contributed by atoms with Gasteiger partial charge in [0.15, 0.2) is 0 Å². The number of methoxy groups -OCH3 is 1. The molecule has 0 amide bonds. The first-order valence-corrected chi connectivity index (χ1v) is 5.01. The zero-order chi connectivity index (χ0) is 11.5. The number of nitrogens with two attached hydrogens (primary N) is 1. The summed E-state index contributed by atoms with van der Waals surface area (Å²) >= 11 is 5.93. The molecule has 0 aliphatic rings. The molecule has 1 aromatic heterocycles. The van der Waals surface area contributed by atoms with Gasteiger partial charge < -0.3 is 10.5 Å². The average molecular weight is 236 g/mol. The van der Waals surface area contributed by atoms with E-state index >= 15 is 0 Å². The minimum atomic E-state index is 0.379. The van der Waals surface area contributed by atoms with Crippen LogP contribution in [0.4, 0.5) is 5.82 Å². The second-order valence-electron chi connectivity index (χ2n) is 3.19. The van der Waals surface area contributed by atoms with Crippen molar-refractivity contribution in [3.63, 3.8) is 0 Å². The van der Waals surface area contributed by atoms with Crippen LogP contribution in [0, 0.1) is 0 Å². The summed E-state index contributed by atoms with van der Waals surface area (Å²) in [6, 6.07) is 8.78. The van der Waals surface area contributed by atoms with Gasteiger partial charge in [-0.3, -0.25) is 0 Å². The minimum Gasteiger partial charge on any atom is -0.496 e. The summed E-state index contributed by atoms with van der Waals surface area (Å²) in [5.74, 6) is 1.08. The van der Waals surface area contributed by atoms with E-state index in [4.69, 9.17) is 22.1 Å². The van der Waals surface area contributed by atoms with Crippen molar-refractivity contribution in [2.24, 2.45) is 0 Å². The summed E-state index contributed by atoms with van der Waals surface area (Å²) in [7, 11) is 1.59. The summed E-state index contributed by atoms with van der Waals surface area (Å²) in [6.45, 7) is 0. The third-order valence-corrected chi connectivity index (χ3v) is 2.36. The van der Waals surface area contributed by atoms with E-state index in [0.29, 0.717) is 22.3 Å². The molecule has 82 valence electrons. The summed E-state index contributed by atoms with van der Waals surface area (Å²) in [5.41, 5.74) is 6.94. The molecule has 0 bridgehead atoms. The Bertz CT molecular complexity index is 499. The predicted octanol–water partition coefficient (Wildman–Crippen LogP) is 2.39. The maximum Gasteiger partial charge on any atom is 0.146 e. The first-order valence-electron chi connectivity index (χ1n) is 4.64. The van der Waals surface area contributed by atoms with Gasteiger partial charge in [0.25, 0.3) is 0 Å². The van der Waals surface area contributed by atoms with Crippen molar-refractivity contribution in [3.05, 3.63) is 35.4 Å². The molecule has 0 aliphatic heterocycles. The number of aromatic nitrogens is 2. The molecule has 0 spiro atoms. The molecule has 5 heteroatoms. The third kappa shape index (κ3) is 2.06. The molecule has 0 saturated heterocycles. The van der Waals surface area contributed by atoms with Crippen molar-refractivity contribution in [2.75, 3.05) is 12.8 Å². The second kappa shape index (κ2) is 4.37. The van der Waals surface area contributed by atoms with Crippen molar-refractivity contribution in [1.29, 1.82) is 0 Å². The lowest BCUT2D eigenvalue weighted by atomic mass is 10.1. The lowest BCUT2D eigenvalue weighted by Crippen LogP contribution is -1.95. The molecule has 2 rings (SSSR count). The van der Waals surface area contributed by atoms with E-state index in [1.807, 2.05) is 0 Å². The quantitative estimate of drug-likeness (QED) is 0.868. The average Bonchev–Trinajstić information content (AvgIpc) is 2.30. The van der Waals surface area contributed by atoms with Crippen LogP contribution in [0.3, 0.4) is 0 Å². The van der Waals surface area contributed by atoms with Gasteiger partial charge in [0, 0.05) is 10.6 Å². The normalized spacial score (nSPS) is 10.1. The number of hydrogen-bond donors (Lipinski definition) is 1. The van der Waals surface area contributed by atoms with Gasteiger partial charge in [-0.1, -0.05) is 11.6 Å². The molecule has 2 N–H and O–H groups in total. The van der Waals surface area contributed by atoms with Crippen LogP contribution in [0.1, 0.15) is 0 Å². The van der Waals surface area contributed by atoms with Crippen molar-refractivity contribution < 1.29 is 4.74 Å². The molecule has 4 nitrogen and oxygen atoms in total. The van der Waals surface area contributed by atoms with Crippen LogP contribution in [0.5, 0.6) is 5.75 Å². The van der Waals surface area contributed by atoms with E-state index in [1.165, 1.54) is 0 Å². The monoisotopic (exact) mass is 235 g/mol. The zero-order valence-electron chi connectivity index (χ0n) is 8.64. The van der Waals surface area contributed by atoms with Crippen molar-refractivity contribution in [3.8, 4) is 17.0 Å². The summed E-state index contributed by atoms with van der Waals surface area (Å²) < 4.78 is 5.23. The number of benzene rings is 1. The fraction of sp³-hybridized carbons (Fsp3) is 0.0909. The molecule has 0 aliphatic carbocycles. The van der Waals surface area contributed by atoms with Crippen LogP contribution >= 0.6 is 11.6 Å². The molecule has 2 aromatic rings. The molecular weight excluding hydrogens is 226 g/mol. The lowest BCUT2D eigenvalue weighted by molar-refractivity contribution is 0.416. The van der Waals surface area contributed by atoms with Gasteiger partial charge in [-0.15, -0.1) is 10.2 Å². The van der Waals surface area contributed by atoms with Gasteiger partial charge in [-0.25, -0.2) is 0 Å². The standard InChI is InChI=1S/C11H10ClN3O/c1-16-10-4-2-7(12)6-8(10)9-3-5-11(13)15-14-9/h2-6H,1H3,(H2,13,15). The Morgan fingerprint density at radius 2 is 2.00 bits per heavy atom. The van der Waals surface area contributed by atoms with Crippen LogP contribution in [-0.2, 0) is 0 Å². The van der Waals surface area contributed by atoms with Crippen LogP contribution < -0.4 is 10.5 Å². The van der Waals surface area contributed by atoms with E-state index in [1.54, 1.807) is 37.4 Å². The number of nitrogen functional groups attached to an aromatic ring is 1. The maximum absolute atomic E-state index is 5.93. The Labute approximate surface area is 98.0 Å². The minimum absolute atomic E-state index is 0.379. The molecule has 16 heavy (non-hydrogen) atoms. The summed E-state index contributed by atoms with van der Waals surface area (Å²) in [4.78, 5) is 0. The van der Waals surface area contributed by atoms with Crippen molar-refractivity contribution >= 4 is 17.4 Å². The van der Waals surface area contributed by atoms with Gasteiger partial charge in [0.05, 0.1) is 12.8 Å². The molecule has 0 atom stereocenters. The van der Waals surface area contributed by atoms with E-state index in [2.05, 4.69) is 10.2 Å². The molecule has 0 fully saturated rings. The van der Waals surface area contributed by atoms with Crippen molar-refractivity contribution in [1.82, 2.24) is 10.2 Å². The SMILES string of the molecule is COc1ccc(Cl)cc1-c1ccc(N)nn1. The largest absolute Gasteiger partial charge is 0.496 e. The lowest BCUT2D eigenvalue weighted by Gasteiger charge is -2.07. The summed E-state index contributed by atoms with van der Waals surface area (Å²) in [6.07, 6.45) is 0. The Morgan fingerprint density at radius 1 is 1.19 bits per heavy atom. The van der Waals surface area contributed by atoms with Gasteiger partial charge >= 0.3 is 0 Å². The molecular formula is C11H10ClN3O. The zero-order valence-corrected chi connectivity index (χ0v) is 9.40. The number of ether oxygens (including phenoxy) is 1. The van der Waals surface area contributed by atoms with E-state index in [0.717, 1.165) is 5.56 Å². The third-order valence-electron chi connectivity index (χ3n) is 2.12. The van der Waals surface area contributed by atoms with Gasteiger partial charge in [-0.05, 0) is 30.3 Å². The molecule has 0 radical (unpaired) electrons. The predicted molar refractivity (Wildman–Crippen MR) is 63.4 cm³/mol. The van der Waals surface area contributed by atoms with Gasteiger partial charge in [-0.2, -0.15) is 0 Å². The van der Waals surface area contributed by atoms with Gasteiger partial charge in [0.1, 0.15) is 11.6 Å². The fourth-order valence-electron chi connectivity index (χ4n) is 1.37. The Balaban J connectivity index is 2.53. The Morgan fingerprint density at radius 3 is 2.62 bits per heavy atom. The van der Waals surface area contributed by atoms with E-state index in [-0.39, 0.29) is 0 Å². The molecule has 0 saturated carbocycles. The van der Waals surface area contributed by atoms with Gasteiger partial charge in [0.2, 0.25) is 0 Å². The first kappa shape index (κ1) is 10.7.